The minimum absolute atomic E-state index is 0.240. The van der Waals surface area contributed by atoms with Gasteiger partial charge in [0.1, 0.15) is 11.5 Å². The van der Waals surface area contributed by atoms with E-state index in [4.69, 9.17) is 14.2 Å². The number of hydrogen-bond donors (Lipinski definition) is 1. The van der Waals surface area contributed by atoms with Crippen molar-refractivity contribution in [2.75, 3.05) is 20.8 Å². The fourth-order valence-corrected chi connectivity index (χ4v) is 3.76. The molecule has 31 heavy (non-hydrogen) atoms. The molecule has 1 N–H and O–H groups in total. The Hall–Kier alpha value is -3.32. The summed E-state index contributed by atoms with van der Waals surface area (Å²) in [5.74, 6) is 0.679. The van der Waals surface area contributed by atoms with Gasteiger partial charge in [-0.1, -0.05) is 24.3 Å². The third-order valence-electron chi connectivity index (χ3n) is 4.77. The van der Waals surface area contributed by atoms with Crippen LogP contribution in [0.3, 0.4) is 0 Å². The fraction of sp³-hybridized carbons (Fsp3) is 0.250. The van der Waals surface area contributed by atoms with Gasteiger partial charge in [-0.05, 0) is 64.2 Å². The number of benzene rings is 2. The molecule has 2 aromatic carbocycles. The minimum Gasteiger partial charge on any atom is -0.497 e. The summed E-state index contributed by atoms with van der Waals surface area (Å²) in [5, 5.41) is 6.91. The minimum atomic E-state index is -0.408. The lowest BCUT2D eigenvalue weighted by Gasteiger charge is -2.20. The number of rotatable bonds is 10. The van der Waals surface area contributed by atoms with Crippen molar-refractivity contribution in [3.8, 4) is 11.5 Å². The van der Waals surface area contributed by atoms with Gasteiger partial charge in [0.2, 0.25) is 0 Å². The van der Waals surface area contributed by atoms with Crippen LogP contribution >= 0.6 is 11.3 Å². The lowest BCUT2D eigenvalue weighted by Crippen LogP contribution is -2.33. The largest absolute Gasteiger partial charge is 0.497 e. The molecule has 0 saturated carbocycles. The summed E-state index contributed by atoms with van der Waals surface area (Å²) in [6, 6.07) is 16.5. The van der Waals surface area contributed by atoms with E-state index in [1.807, 2.05) is 65.4 Å². The Morgan fingerprint density at radius 2 is 1.48 bits per heavy atom. The van der Waals surface area contributed by atoms with Gasteiger partial charge in [0.15, 0.2) is 6.61 Å². The first-order chi connectivity index (χ1) is 15.1. The molecule has 0 unspecified atom stereocenters. The highest BCUT2D eigenvalue weighted by atomic mass is 32.1. The van der Waals surface area contributed by atoms with Crippen LogP contribution in [0, 0.1) is 0 Å². The molecule has 6 nitrogen and oxygen atoms in total. The predicted molar refractivity (Wildman–Crippen MR) is 120 cm³/mol. The zero-order valence-corrected chi connectivity index (χ0v) is 18.3. The molecule has 1 amide bonds. The maximum absolute atomic E-state index is 12.5. The van der Waals surface area contributed by atoms with Crippen LogP contribution in [0.4, 0.5) is 0 Å². The van der Waals surface area contributed by atoms with Gasteiger partial charge >= 0.3 is 5.97 Å². The van der Waals surface area contributed by atoms with Gasteiger partial charge in [-0.15, -0.1) is 0 Å². The van der Waals surface area contributed by atoms with Gasteiger partial charge in [-0.25, -0.2) is 0 Å². The number of nitrogens with one attached hydrogen (secondary N) is 1. The molecule has 0 aliphatic carbocycles. The summed E-state index contributed by atoms with van der Waals surface area (Å²) in [7, 11) is 3.20. The van der Waals surface area contributed by atoms with Gasteiger partial charge < -0.3 is 19.5 Å². The molecular formula is C24H25NO5S. The van der Waals surface area contributed by atoms with E-state index in [0.717, 1.165) is 28.2 Å². The van der Waals surface area contributed by atoms with Gasteiger partial charge in [-0.3, -0.25) is 9.59 Å². The molecule has 0 radical (unpaired) electrons. The summed E-state index contributed by atoms with van der Waals surface area (Å²) >= 11 is 1.58. The van der Waals surface area contributed by atoms with Gasteiger partial charge in [0.25, 0.3) is 5.91 Å². The number of hydrogen-bond acceptors (Lipinski definition) is 6. The van der Waals surface area contributed by atoms with Gasteiger partial charge in [-0.2, -0.15) is 11.3 Å². The van der Waals surface area contributed by atoms with Crippen molar-refractivity contribution >= 4 is 23.2 Å². The van der Waals surface area contributed by atoms with Crippen molar-refractivity contribution in [3.05, 3.63) is 82.0 Å². The highest BCUT2D eigenvalue weighted by Gasteiger charge is 2.18. The number of amides is 1. The van der Waals surface area contributed by atoms with Crippen LogP contribution in [0.1, 0.15) is 29.2 Å². The average Bonchev–Trinajstić information content (AvgIpc) is 3.34. The first-order valence-corrected chi connectivity index (χ1v) is 10.8. The molecule has 0 aliphatic heterocycles. The highest BCUT2D eigenvalue weighted by molar-refractivity contribution is 7.07. The molecule has 0 bridgehead atoms. The van der Waals surface area contributed by atoms with Crippen molar-refractivity contribution in [2.45, 2.75) is 18.9 Å². The van der Waals surface area contributed by atoms with E-state index >= 15 is 0 Å². The van der Waals surface area contributed by atoms with E-state index in [1.165, 1.54) is 0 Å². The second kappa shape index (κ2) is 11.2. The summed E-state index contributed by atoms with van der Waals surface area (Å²) < 4.78 is 15.6. The van der Waals surface area contributed by atoms with E-state index < -0.39 is 12.0 Å². The Morgan fingerprint density at radius 3 is 1.97 bits per heavy atom. The molecule has 0 spiro atoms. The van der Waals surface area contributed by atoms with E-state index in [0.29, 0.717) is 6.42 Å². The number of thiophene rings is 1. The van der Waals surface area contributed by atoms with Crippen molar-refractivity contribution < 1.29 is 23.8 Å². The number of esters is 1. The Morgan fingerprint density at radius 1 is 0.903 bits per heavy atom. The van der Waals surface area contributed by atoms with E-state index in [1.54, 1.807) is 25.6 Å². The average molecular weight is 440 g/mol. The van der Waals surface area contributed by atoms with Crippen molar-refractivity contribution in [3.63, 3.8) is 0 Å². The number of carbonyl (C=O) groups is 2. The highest BCUT2D eigenvalue weighted by Crippen LogP contribution is 2.26. The second-order valence-corrected chi connectivity index (χ2v) is 7.62. The lowest BCUT2D eigenvalue weighted by atomic mass is 9.98. The van der Waals surface area contributed by atoms with Gasteiger partial charge in [0, 0.05) is 6.42 Å². The van der Waals surface area contributed by atoms with Crippen molar-refractivity contribution in [2.24, 2.45) is 0 Å². The Bertz CT molecular complexity index is 921. The monoisotopic (exact) mass is 439 g/mol. The number of methoxy groups -OCH3 is 2. The van der Waals surface area contributed by atoms with E-state index in [2.05, 4.69) is 5.32 Å². The molecule has 0 saturated heterocycles. The molecule has 0 atom stereocenters. The number of aryl methyl sites for hydroxylation is 1. The van der Waals surface area contributed by atoms with Crippen LogP contribution in [0.2, 0.25) is 0 Å². The van der Waals surface area contributed by atoms with E-state index in [-0.39, 0.29) is 18.9 Å². The van der Waals surface area contributed by atoms with Crippen LogP contribution < -0.4 is 14.8 Å². The van der Waals surface area contributed by atoms with Gasteiger partial charge in [0.05, 0.1) is 20.3 Å². The SMILES string of the molecule is COc1ccc(C(NC(=O)COC(=O)CCc2ccsc2)c2ccc(OC)cc2)cc1. The van der Waals surface area contributed by atoms with E-state index in [9.17, 15) is 9.59 Å². The molecule has 3 rings (SSSR count). The zero-order valence-electron chi connectivity index (χ0n) is 17.5. The topological polar surface area (TPSA) is 73.9 Å². The molecular weight excluding hydrogens is 414 g/mol. The predicted octanol–water partition coefficient (Wildman–Crippen LogP) is 4.15. The summed E-state index contributed by atoms with van der Waals surface area (Å²) in [6.45, 7) is -0.328. The zero-order chi connectivity index (χ0) is 22.1. The molecule has 162 valence electrons. The molecule has 0 fully saturated rings. The Balaban J connectivity index is 1.63. The summed E-state index contributed by atoms with van der Waals surface area (Å²) in [5.41, 5.74) is 2.84. The number of ether oxygens (including phenoxy) is 3. The molecule has 1 aromatic heterocycles. The third-order valence-corrected chi connectivity index (χ3v) is 5.50. The quantitative estimate of drug-likeness (QED) is 0.481. The maximum atomic E-state index is 12.5. The van der Waals surface area contributed by atoms with Crippen LogP contribution in [0.5, 0.6) is 11.5 Å². The normalized spacial score (nSPS) is 10.5. The smallest absolute Gasteiger partial charge is 0.306 e. The Kier molecular flexibility index (Phi) is 8.06. The van der Waals surface area contributed by atoms with Crippen molar-refractivity contribution in [1.29, 1.82) is 0 Å². The molecule has 1 heterocycles. The lowest BCUT2D eigenvalue weighted by molar-refractivity contribution is -0.148. The molecule has 0 aliphatic rings. The van der Waals surface area contributed by atoms with Crippen LogP contribution in [0.15, 0.2) is 65.4 Å². The number of carbonyl (C=O) groups excluding carboxylic acids is 2. The second-order valence-electron chi connectivity index (χ2n) is 6.84. The first kappa shape index (κ1) is 22.4. The molecule has 7 heteroatoms. The van der Waals surface area contributed by atoms with Crippen LogP contribution in [0.25, 0.3) is 0 Å². The Labute approximate surface area is 185 Å². The summed E-state index contributed by atoms with van der Waals surface area (Å²) in [6.07, 6.45) is 0.842. The maximum Gasteiger partial charge on any atom is 0.306 e. The third kappa shape index (κ3) is 6.58. The van der Waals surface area contributed by atoms with Crippen molar-refractivity contribution in [1.82, 2.24) is 5.32 Å². The fourth-order valence-electron chi connectivity index (χ4n) is 3.05. The van der Waals surface area contributed by atoms with Crippen LogP contribution in [-0.4, -0.2) is 32.7 Å². The van der Waals surface area contributed by atoms with Crippen LogP contribution in [-0.2, 0) is 20.7 Å². The summed E-state index contributed by atoms with van der Waals surface area (Å²) in [4.78, 5) is 24.5. The first-order valence-electron chi connectivity index (χ1n) is 9.83. The standard InChI is InChI=1S/C24H25NO5S/c1-28-20-8-4-18(5-9-20)24(19-6-10-21(29-2)11-7-19)25-22(26)15-30-23(27)12-3-17-13-14-31-16-17/h4-11,13-14,16,24H,3,12,15H2,1-2H3,(H,25,26). The molecule has 3 aromatic rings.